The fourth-order valence-electron chi connectivity index (χ4n) is 1.82. The van der Waals surface area contributed by atoms with E-state index in [-0.39, 0.29) is 6.04 Å². The lowest BCUT2D eigenvalue weighted by atomic mass is 10.0. The molecular weight excluding hydrogens is 258 g/mol. The van der Waals surface area contributed by atoms with Crippen molar-refractivity contribution in [1.82, 2.24) is 15.5 Å². The lowest BCUT2D eigenvalue weighted by Gasteiger charge is -2.16. The first-order valence-electron chi connectivity index (χ1n) is 6.27. The SMILES string of the molecule is CNC(CSc1nnc(C)o1)c1ccc(C)c(C)c1. The molecule has 19 heavy (non-hydrogen) atoms. The highest BCUT2D eigenvalue weighted by Crippen LogP contribution is 2.24. The van der Waals surface area contributed by atoms with Gasteiger partial charge in [0, 0.05) is 18.7 Å². The molecule has 2 rings (SSSR count). The van der Waals surface area contributed by atoms with Gasteiger partial charge >= 0.3 is 0 Å². The van der Waals surface area contributed by atoms with Gasteiger partial charge in [0.25, 0.3) is 5.22 Å². The van der Waals surface area contributed by atoms with Gasteiger partial charge in [-0.05, 0) is 37.6 Å². The van der Waals surface area contributed by atoms with E-state index < -0.39 is 0 Å². The van der Waals surface area contributed by atoms with Gasteiger partial charge < -0.3 is 9.73 Å². The summed E-state index contributed by atoms with van der Waals surface area (Å²) in [5.41, 5.74) is 3.92. The molecule has 0 saturated heterocycles. The molecule has 0 aliphatic rings. The van der Waals surface area contributed by atoms with Crippen molar-refractivity contribution in [2.45, 2.75) is 32.0 Å². The van der Waals surface area contributed by atoms with Gasteiger partial charge in [0.05, 0.1) is 0 Å². The first-order valence-corrected chi connectivity index (χ1v) is 7.26. The molecule has 5 heteroatoms. The van der Waals surface area contributed by atoms with Gasteiger partial charge in [-0.3, -0.25) is 0 Å². The van der Waals surface area contributed by atoms with Crippen molar-refractivity contribution >= 4 is 11.8 Å². The van der Waals surface area contributed by atoms with E-state index in [4.69, 9.17) is 4.42 Å². The predicted octanol–water partition coefficient (Wildman–Crippen LogP) is 3.05. The first-order chi connectivity index (χ1) is 9.10. The Hall–Kier alpha value is -1.33. The van der Waals surface area contributed by atoms with Crippen molar-refractivity contribution in [3.05, 3.63) is 40.8 Å². The summed E-state index contributed by atoms with van der Waals surface area (Å²) in [5, 5.41) is 11.8. The summed E-state index contributed by atoms with van der Waals surface area (Å²) in [6, 6.07) is 6.84. The first kappa shape index (κ1) is 14.1. The summed E-state index contributed by atoms with van der Waals surface area (Å²) in [6.07, 6.45) is 0. The topological polar surface area (TPSA) is 51.0 Å². The molecular formula is C14H19N3OS. The third-order valence-electron chi connectivity index (χ3n) is 3.16. The molecule has 0 spiro atoms. The summed E-state index contributed by atoms with van der Waals surface area (Å²) in [6.45, 7) is 6.07. The number of hydrogen-bond acceptors (Lipinski definition) is 5. The highest BCUT2D eigenvalue weighted by atomic mass is 32.2. The third kappa shape index (κ3) is 3.58. The molecule has 2 aromatic rings. The standard InChI is InChI=1S/C14H19N3OS/c1-9-5-6-12(7-10(9)2)13(15-4)8-19-14-17-16-11(3)18-14/h5-7,13,15H,8H2,1-4H3. The zero-order valence-corrected chi connectivity index (χ0v) is 12.5. The molecule has 0 aliphatic heterocycles. The molecule has 0 amide bonds. The number of nitrogens with one attached hydrogen (secondary N) is 1. The maximum Gasteiger partial charge on any atom is 0.276 e. The Balaban J connectivity index is 2.05. The van der Waals surface area contributed by atoms with Gasteiger partial charge in [-0.15, -0.1) is 10.2 Å². The number of benzene rings is 1. The van der Waals surface area contributed by atoms with E-state index in [1.807, 2.05) is 7.05 Å². The molecule has 0 radical (unpaired) electrons. The average Bonchev–Trinajstić information content (AvgIpc) is 2.80. The highest BCUT2D eigenvalue weighted by molar-refractivity contribution is 7.99. The second kappa shape index (κ2) is 6.21. The molecule has 1 unspecified atom stereocenters. The minimum absolute atomic E-state index is 0.275. The molecule has 0 bridgehead atoms. The van der Waals surface area contributed by atoms with Crippen molar-refractivity contribution < 1.29 is 4.42 Å². The van der Waals surface area contributed by atoms with Gasteiger partial charge in [0.1, 0.15) is 0 Å². The van der Waals surface area contributed by atoms with Crippen LogP contribution in [0.25, 0.3) is 0 Å². The number of nitrogens with zero attached hydrogens (tertiary/aromatic N) is 2. The average molecular weight is 277 g/mol. The van der Waals surface area contributed by atoms with E-state index in [0.717, 1.165) is 5.75 Å². The largest absolute Gasteiger partial charge is 0.416 e. The second-order valence-electron chi connectivity index (χ2n) is 4.58. The maximum absolute atomic E-state index is 5.37. The van der Waals surface area contributed by atoms with Crippen molar-refractivity contribution in [3.63, 3.8) is 0 Å². The number of thioether (sulfide) groups is 1. The number of aryl methyl sites for hydroxylation is 3. The van der Waals surface area contributed by atoms with E-state index in [2.05, 4.69) is 47.6 Å². The van der Waals surface area contributed by atoms with Gasteiger partial charge in [0.2, 0.25) is 5.89 Å². The van der Waals surface area contributed by atoms with Crippen molar-refractivity contribution in [2.24, 2.45) is 0 Å². The summed E-state index contributed by atoms with van der Waals surface area (Å²) in [5.74, 6) is 1.47. The van der Waals surface area contributed by atoms with Crippen LogP contribution < -0.4 is 5.32 Å². The summed E-state index contributed by atoms with van der Waals surface area (Å²) < 4.78 is 5.37. The maximum atomic E-state index is 5.37. The minimum atomic E-state index is 0.275. The van der Waals surface area contributed by atoms with Crippen molar-refractivity contribution in [3.8, 4) is 0 Å². The smallest absolute Gasteiger partial charge is 0.276 e. The zero-order valence-electron chi connectivity index (χ0n) is 11.7. The monoisotopic (exact) mass is 277 g/mol. The van der Waals surface area contributed by atoms with Crippen LogP contribution in [0.3, 0.4) is 0 Å². The Labute approximate surface area is 118 Å². The normalized spacial score (nSPS) is 12.6. The second-order valence-corrected chi connectivity index (χ2v) is 5.55. The van der Waals surface area contributed by atoms with Gasteiger partial charge in [-0.2, -0.15) is 0 Å². The van der Waals surface area contributed by atoms with Crippen LogP contribution in [0.1, 0.15) is 28.6 Å². The highest BCUT2D eigenvalue weighted by Gasteiger charge is 2.12. The molecule has 0 aliphatic carbocycles. The van der Waals surface area contributed by atoms with Crippen LogP contribution in [0.2, 0.25) is 0 Å². The van der Waals surface area contributed by atoms with Gasteiger partial charge in [0.15, 0.2) is 0 Å². The number of hydrogen-bond donors (Lipinski definition) is 1. The Morgan fingerprint density at radius 3 is 2.58 bits per heavy atom. The predicted molar refractivity (Wildman–Crippen MR) is 77.5 cm³/mol. The molecule has 4 nitrogen and oxygen atoms in total. The Morgan fingerprint density at radius 1 is 1.21 bits per heavy atom. The molecule has 0 saturated carbocycles. The quantitative estimate of drug-likeness (QED) is 0.851. The molecule has 1 atom stereocenters. The van der Waals surface area contributed by atoms with E-state index in [1.54, 1.807) is 18.7 Å². The Bertz CT molecular complexity index is 553. The minimum Gasteiger partial charge on any atom is -0.416 e. The van der Waals surface area contributed by atoms with E-state index in [0.29, 0.717) is 11.1 Å². The number of aromatic nitrogens is 2. The number of rotatable bonds is 5. The lowest BCUT2D eigenvalue weighted by molar-refractivity contribution is 0.428. The van der Waals surface area contributed by atoms with Gasteiger partial charge in [-0.1, -0.05) is 30.0 Å². The zero-order chi connectivity index (χ0) is 13.8. The van der Waals surface area contributed by atoms with E-state index in [9.17, 15) is 0 Å². The lowest BCUT2D eigenvalue weighted by Crippen LogP contribution is -2.18. The van der Waals surface area contributed by atoms with Crippen LogP contribution in [-0.4, -0.2) is 23.0 Å². The van der Waals surface area contributed by atoms with Crippen LogP contribution in [0.4, 0.5) is 0 Å². The summed E-state index contributed by atoms with van der Waals surface area (Å²) in [7, 11) is 1.97. The van der Waals surface area contributed by atoms with Gasteiger partial charge in [-0.25, -0.2) is 0 Å². The van der Waals surface area contributed by atoms with Crippen LogP contribution in [0, 0.1) is 20.8 Å². The Kier molecular flexibility index (Phi) is 4.61. The van der Waals surface area contributed by atoms with Crippen molar-refractivity contribution in [1.29, 1.82) is 0 Å². The summed E-state index contributed by atoms with van der Waals surface area (Å²) >= 11 is 1.58. The summed E-state index contributed by atoms with van der Waals surface area (Å²) in [4.78, 5) is 0. The molecule has 102 valence electrons. The molecule has 1 N–H and O–H groups in total. The fourth-order valence-corrected chi connectivity index (χ4v) is 2.77. The molecule has 1 heterocycles. The fraction of sp³-hybridized carbons (Fsp3) is 0.429. The van der Waals surface area contributed by atoms with Crippen LogP contribution >= 0.6 is 11.8 Å². The molecule has 0 fully saturated rings. The van der Waals surface area contributed by atoms with Crippen LogP contribution in [-0.2, 0) is 0 Å². The third-order valence-corrected chi connectivity index (χ3v) is 4.07. The Morgan fingerprint density at radius 2 is 2.00 bits per heavy atom. The van der Waals surface area contributed by atoms with E-state index in [1.165, 1.54) is 16.7 Å². The molecule has 1 aromatic heterocycles. The molecule has 1 aromatic carbocycles. The van der Waals surface area contributed by atoms with Crippen LogP contribution in [0.15, 0.2) is 27.8 Å². The van der Waals surface area contributed by atoms with E-state index >= 15 is 0 Å². The van der Waals surface area contributed by atoms with Crippen molar-refractivity contribution in [2.75, 3.05) is 12.8 Å². The van der Waals surface area contributed by atoms with Crippen LogP contribution in [0.5, 0.6) is 0 Å².